The molecule has 0 bridgehead atoms. The first-order valence-electron chi connectivity index (χ1n) is 3.88. The SMILES string of the molecule is COC(=O)NSCCCCCS. The lowest BCUT2D eigenvalue weighted by Gasteiger charge is -2.01. The van der Waals surface area contributed by atoms with E-state index in [9.17, 15) is 4.79 Å². The molecule has 1 amide bonds. The second kappa shape index (κ2) is 9.06. The van der Waals surface area contributed by atoms with Crippen LogP contribution in [-0.4, -0.2) is 24.7 Å². The third-order valence-corrected chi connectivity index (χ3v) is 2.37. The summed E-state index contributed by atoms with van der Waals surface area (Å²) in [4.78, 5) is 10.5. The van der Waals surface area contributed by atoms with E-state index in [4.69, 9.17) is 0 Å². The van der Waals surface area contributed by atoms with E-state index < -0.39 is 0 Å². The second-order valence-electron chi connectivity index (χ2n) is 2.23. The number of rotatable bonds is 6. The Kier molecular flexibility index (Phi) is 9.04. The summed E-state index contributed by atoms with van der Waals surface area (Å²) in [5, 5.41) is 0. The Hall–Kier alpha value is -0.0300. The molecule has 0 aromatic heterocycles. The fraction of sp³-hybridized carbons (Fsp3) is 0.857. The summed E-state index contributed by atoms with van der Waals surface area (Å²) >= 11 is 5.48. The lowest BCUT2D eigenvalue weighted by Crippen LogP contribution is -2.15. The average molecular weight is 209 g/mol. The molecule has 3 nitrogen and oxygen atoms in total. The van der Waals surface area contributed by atoms with Gasteiger partial charge >= 0.3 is 6.09 Å². The van der Waals surface area contributed by atoms with Crippen molar-refractivity contribution in [3.05, 3.63) is 0 Å². The van der Waals surface area contributed by atoms with Gasteiger partial charge < -0.3 is 4.74 Å². The highest BCUT2D eigenvalue weighted by Crippen LogP contribution is 2.03. The monoisotopic (exact) mass is 209 g/mol. The van der Waals surface area contributed by atoms with Crippen molar-refractivity contribution in [2.75, 3.05) is 18.6 Å². The van der Waals surface area contributed by atoms with Crippen LogP contribution in [0.15, 0.2) is 0 Å². The largest absolute Gasteiger partial charge is 0.452 e. The number of unbranched alkanes of at least 4 members (excludes halogenated alkanes) is 2. The lowest BCUT2D eigenvalue weighted by molar-refractivity contribution is 0.178. The number of methoxy groups -OCH3 is 1. The van der Waals surface area contributed by atoms with E-state index in [0.29, 0.717) is 0 Å². The summed E-state index contributed by atoms with van der Waals surface area (Å²) in [6.45, 7) is 0. The van der Waals surface area contributed by atoms with Crippen LogP contribution in [-0.2, 0) is 4.74 Å². The number of hydrogen-bond acceptors (Lipinski definition) is 4. The van der Waals surface area contributed by atoms with E-state index in [1.165, 1.54) is 25.5 Å². The standard InChI is InChI=1S/C7H15NO2S2/c1-10-7(9)8-12-6-4-2-3-5-11/h11H,2-6H2,1H3,(H,8,9). The molecule has 1 N–H and O–H groups in total. The minimum Gasteiger partial charge on any atom is -0.452 e. The van der Waals surface area contributed by atoms with E-state index in [1.54, 1.807) is 0 Å². The zero-order chi connectivity index (χ0) is 9.23. The zero-order valence-electron chi connectivity index (χ0n) is 7.21. The van der Waals surface area contributed by atoms with Gasteiger partial charge in [0.25, 0.3) is 0 Å². The fourth-order valence-electron chi connectivity index (χ4n) is 0.614. The maximum absolute atomic E-state index is 10.5. The molecule has 0 aromatic carbocycles. The third kappa shape index (κ3) is 8.07. The van der Waals surface area contributed by atoms with Crippen LogP contribution < -0.4 is 4.72 Å². The van der Waals surface area contributed by atoms with Gasteiger partial charge in [-0.25, -0.2) is 4.79 Å². The number of carbonyl (C=O) groups excluding carboxylic acids is 1. The molecule has 0 fully saturated rings. The predicted octanol–water partition coefficient (Wildman–Crippen LogP) is 2.09. The number of carbonyl (C=O) groups is 1. The molecule has 0 aliphatic rings. The van der Waals surface area contributed by atoms with Crippen LogP contribution in [0.25, 0.3) is 0 Å². The summed E-state index contributed by atoms with van der Waals surface area (Å²) in [7, 11) is 1.36. The van der Waals surface area contributed by atoms with Crippen LogP contribution in [0.5, 0.6) is 0 Å². The van der Waals surface area contributed by atoms with Gasteiger partial charge in [-0.3, -0.25) is 4.72 Å². The molecular weight excluding hydrogens is 194 g/mol. The van der Waals surface area contributed by atoms with Gasteiger partial charge in [0.15, 0.2) is 0 Å². The van der Waals surface area contributed by atoms with Gasteiger partial charge in [-0.1, -0.05) is 6.42 Å². The van der Waals surface area contributed by atoms with E-state index in [1.807, 2.05) is 0 Å². The van der Waals surface area contributed by atoms with Gasteiger partial charge in [0, 0.05) is 5.75 Å². The lowest BCUT2D eigenvalue weighted by atomic mass is 10.3. The molecule has 0 saturated heterocycles. The van der Waals surface area contributed by atoms with Crippen molar-refractivity contribution in [2.24, 2.45) is 0 Å². The van der Waals surface area contributed by atoms with Crippen LogP contribution in [0, 0.1) is 0 Å². The fourth-order valence-corrected chi connectivity index (χ4v) is 1.49. The first-order valence-corrected chi connectivity index (χ1v) is 5.49. The normalized spacial score (nSPS) is 9.50. The Bertz CT molecular complexity index is 122. The molecule has 0 aliphatic carbocycles. The molecule has 72 valence electrons. The summed E-state index contributed by atoms with van der Waals surface area (Å²) < 4.78 is 6.94. The molecule has 0 saturated carbocycles. The Morgan fingerprint density at radius 3 is 2.83 bits per heavy atom. The van der Waals surface area contributed by atoms with E-state index in [2.05, 4.69) is 22.1 Å². The second-order valence-corrected chi connectivity index (χ2v) is 3.57. The van der Waals surface area contributed by atoms with Gasteiger partial charge in [0.05, 0.1) is 7.11 Å². The van der Waals surface area contributed by atoms with Crippen molar-refractivity contribution in [2.45, 2.75) is 19.3 Å². The zero-order valence-corrected chi connectivity index (χ0v) is 8.92. The summed E-state index contributed by atoms with van der Waals surface area (Å²) in [5.41, 5.74) is 0. The third-order valence-electron chi connectivity index (χ3n) is 1.25. The Morgan fingerprint density at radius 2 is 2.25 bits per heavy atom. The Labute approximate surface area is 83.2 Å². The van der Waals surface area contributed by atoms with Crippen molar-refractivity contribution in [1.29, 1.82) is 0 Å². The Morgan fingerprint density at radius 1 is 1.50 bits per heavy atom. The van der Waals surface area contributed by atoms with E-state index in [-0.39, 0.29) is 6.09 Å². The number of nitrogens with one attached hydrogen (secondary N) is 1. The van der Waals surface area contributed by atoms with Crippen LogP contribution in [0.1, 0.15) is 19.3 Å². The molecule has 5 heteroatoms. The first kappa shape index (κ1) is 12.0. The Balaban J connectivity index is 2.95. The molecule has 0 atom stereocenters. The number of hydrogen-bond donors (Lipinski definition) is 2. The molecule has 0 rings (SSSR count). The van der Waals surface area contributed by atoms with Gasteiger partial charge in [0.2, 0.25) is 0 Å². The summed E-state index contributed by atoms with van der Waals surface area (Å²) in [6, 6.07) is 0. The van der Waals surface area contributed by atoms with Crippen molar-refractivity contribution in [1.82, 2.24) is 4.72 Å². The average Bonchev–Trinajstić information content (AvgIpc) is 2.10. The van der Waals surface area contributed by atoms with Gasteiger partial charge in [-0.15, -0.1) is 0 Å². The summed E-state index contributed by atoms with van der Waals surface area (Å²) in [5.74, 6) is 1.87. The van der Waals surface area contributed by atoms with Crippen molar-refractivity contribution < 1.29 is 9.53 Å². The topological polar surface area (TPSA) is 38.3 Å². The van der Waals surface area contributed by atoms with Crippen molar-refractivity contribution >= 4 is 30.7 Å². The van der Waals surface area contributed by atoms with Gasteiger partial charge in [-0.2, -0.15) is 12.6 Å². The number of amides is 1. The number of thiol groups is 1. The van der Waals surface area contributed by atoms with Gasteiger partial charge in [0.1, 0.15) is 0 Å². The molecule has 0 radical (unpaired) electrons. The van der Waals surface area contributed by atoms with Crippen molar-refractivity contribution in [3.63, 3.8) is 0 Å². The quantitative estimate of drug-likeness (QED) is 0.400. The van der Waals surface area contributed by atoms with Crippen LogP contribution in [0.3, 0.4) is 0 Å². The predicted molar refractivity (Wildman–Crippen MR) is 55.7 cm³/mol. The van der Waals surface area contributed by atoms with E-state index in [0.717, 1.165) is 24.3 Å². The highest BCUT2D eigenvalue weighted by Gasteiger charge is 1.96. The molecule has 0 spiro atoms. The molecule has 0 aliphatic heterocycles. The number of ether oxygens (including phenoxy) is 1. The minimum atomic E-state index is -0.380. The molecule has 0 unspecified atom stereocenters. The van der Waals surface area contributed by atoms with E-state index >= 15 is 0 Å². The smallest absolute Gasteiger partial charge is 0.416 e. The maximum atomic E-state index is 10.5. The highest BCUT2D eigenvalue weighted by atomic mass is 32.2. The van der Waals surface area contributed by atoms with Crippen LogP contribution >= 0.6 is 24.6 Å². The minimum absolute atomic E-state index is 0.380. The van der Waals surface area contributed by atoms with Crippen LogP contribution in [0.2, 0.25) is 0 Å². The van der Waals surface area contributed by atoms with Gasteiger partial charge in [-0.05, 0) is 30.5 Å². The molecule has 12 heavy (non-hydrogen) atoms. The maximum Gasteiger partial charge on any atom is 0.416 e. The summed E-state index contributed by atoms with van der Waals surface area (Å²) in [6.07, 6.45) is 3.03. The molecule has 0 heterocycles. The molecule has 0 aromatic rings. The first-order chi connectivity index (χ1) is 5.81. The highest BCUT2D eigenvalue weighted by molar-refractivity contribution is 7.97. The molecular formula is C7H15NO2S2. The van der Waals surface area contributed by atoms with Crippen LogP contribution in [0.4, 0.5) is 4.79 Å². The van der Waals surface area contributed by atoms with Crippen molar-refractivity contribution in [3.8, 4) is 0 Å².